The van der Waals surface area contributed by atoms with Crippen LogP contribution in [0.5, 0.6) is 5.75 Å². The number of aromatic nitrogens is 2. The highest BCUT2D eigenvalue weighted by Crippen LogP contribution is 2.30. The smallest absolute Gasteiger partial charge is 0.223 e. The van der Waals surface area contributed by atoms with Gasteiger partial charge >= 0.3 is 0 Å². The van der Waals surface area contributed by atoms with Crippen LogP contribution in [-0.2, 0) is 6.54 Å². The van der Waals surface area contributed by atoms with Crippen LogP contribution < -0.4 is 15.0 Å². The summed E-state index contributed by atoms with van der Waals surface area (Å²) in [6.45, 7) is 4.92. The van der Waals surface area contributed by atoms with E-state index in [0.29, 0.717) is 36.5 Å². The van der Waals surface area contributed by atoms with Crippen molar-refractivity contribution in [2.75, 3.05) is 41.9 Å². The van der Waals surface area contributed by atoms with Crippen molar-refractivity contribution in [2.24, 2.45) is 5.92 Å². The molecule has 0 saturated heterocycles. The third-order valence-corrected chi connectivity index (χ3v) is 5.92. The number of rotatable bonds is 11. The molecule has 0 radical (unpaired) electrons. The van der Waals surface area contributed by atoms with Crippen LogP contribution in [0.1, 0.15) is 38.2 Å². The van der Waals surface area contributed by atoms with Crippen LogP contribution in [0.25, 0.3) is 0 Å². The molecule has 1 heterocycles. The van der Waals surface area contributed by atoms with Crippen molar-refractivity contribution in [3.8, 4) is 5.75 Å². The minimum absolute atomic E-state index is 0.164. The number of hydrogen-bond donors (Lipinski definition) is 1. The molecule has 3 rings (SSSR count). The summed E-state index contributed by atoms with van der Waals surface area (Å²) in [6, 6.07) is 5.29. The lowest BCUT2D eigenvalue weighted by Gasteiger charge is -2.29. The largest absolute Gasteiger partial charge is 0.489 e. The van der Waals surface area contributed by atoms with Crippen molar-refractivity contribution in [3.63, 3.8) is 0 Å². The first-order valence-corrected chi connectivity index (χ1v) is 11.8. The van der Waals surface area contributed by atoms with Gasteiger partial charge < -0.3 is 15.0 Å². The van der Waals surface area contributed by atoms with E-state index in [4.69, 9.17) is 4.74 Å². The Morgan fingerprint density at radius 1 is 1.24 bits per heavy atom. The normalized spacial score (nSPS) is 14.2. The summed E-state index contributed by atoms with van der Waals surface area (Å²) < 4.78 is 20.3. The minimum Gasteiger partial charge on any atom is -0.489 e. The van der Waals surface area contributed by atoms with Gasteiger partial charge in [0.05, 0.1) is 24.7 Å². The summed E-state index contributed by atoms with van der Waals surface area (Å²) in [5.74, 6) is 2.60. The standard InChI is InChI=1S/C22H31FN4OS/c1-3-27(16-17-7-4-5-8-17)21-18(9-6-10-20(21)23)13-24-22-25-14-19(15-26-22)28-11-12-29-2/h6,9-10,14-15,17H,3-5,7-8,11-13,16H2,1-2H3,(H,24,25,26). The molecule has 1 aromatic heterocycles. The van der Waals surface area contributed by atoms with Crippen molar-refractivity contribution in [1.29, 1.82) is 0 Å². The van der Waals surface area contributed by atoms with Gasteiger partial charge in [-0.05, 0) is 43.6 Å². The van der Waals surface area contributed by atoms with Crippen LogP contribution in [-0.4, -0.2) is 41.7 Å². The number of ether oxygens (including phenoxy) is 1. The summed E-state index contributed by atoms with van der Waals surface area (Å²) in [6.07, 6.45) is 10.5. The molecule has 0 aliphatic heterocycles. The number of anilines is 2. The zero-order valence-corrected chi connectivity index (χ0v) is 18.2. The average molecular weight is 419 g/mol. The second kappa shape index (κ2) is 11.2. The molecule has 0 bridgehead atoms. The molecule has 0 spiro atoms. The maximum atomic E-state index is 14.8. The van der Waals surface area contributed by atoms with Crippen LogP contribution in [0.3, 0.4) is 0 Å². The van der Waals surface area contributed by atoms with E-state index in [2.05, 4.69) is 27.1 Å². The first kappa shape index (κ1) is 21.7. The van der Waals surface area contributed by atoms with Gasteiger partial charge in [0.2, 0.25) is 5.95 Å². The molecule has 0 atom stereocenters. The molecule has 158 valence electrons. The van der Waals surface area contributed by atoms with Gasteiger partial charge in [-0.1, -0.05) is 25.0 Å². The van der Waals surface area contributed by atoms with Gasteiger partial charge in [-0.15, -0.1) is 0 Å². The molecule has 2 aromatic rings. The highest BCUT2D eigenvalue weighted by molar-refractivity contribution is 7.98. The molecule has 1 fully saturated rings. The predicted octanol–water partition coefficient (Wildman–Crippen LogP) is 4.99. The predicted molar refractivity (Wildman–Crippen MR) is 119 cm³/mol. The van der Waals surface area contributed by atoms with Gasteiger partial charge in [-0.3, -0.25) is 0 Å². The third-order valence-electron chi connectivity index (χ3n) is 5.34. The van der Waals surface area contributed by atoms with Crippen molar-refractivity contribution in [3.05, 3.63) is 42.0 Å². The quantitative estimate of drug-likeness (QED) is 0.519. The SMILES string of the molecule is CCN(CC1CCCC1)c1c(F)cccc1CNc1ncc(OCCSC)cn1. The molecule has 1 aromatic carbocycles. The van der Waals surface area contributed by atoms with E-state index in [0.717, 1.165) is 24.4 Å². The van der Waals surface area contributed by atoms with E-state index in [-0.39, 0.29) is 5.82 Å². The Balaban J connectivity index is 1.65. The molecule has 1 saturated carbocycles. The van der Waals surface area contributed by atoms with Gasteiger partial charge in [0.1, 0.15) is 5.82 Å². The van der Waals surface area contributed by atoms with Crippen molar-refractivity contribution < 1.29 is 9.13 Å². The van der Waals surface area contributed by atoms with E-state index >= 15 is 0 Å². The molecular weight excluding hydrogens is 387 g/mol. The Labute approximate surface area is 177 Å². The van der Waals surface area contributed by atoms with Crippen LogP contribution in [0.15, 0.2) is 30.6 Å². The lowest BCUT2D eigenvalue weighted by molar-refractivity contribution is 0.341. The lowest BCUT2D eigenvalue weighted by Crippen LogP contribution is -2.30. The highest BCUT2D eigenvalue weighted by atomic mass is 32.2. The number of halogens is 1. The van der Waals surface area contributed by atoms with Gasteiger partial charge in [0, 0.05) is 25.4 Å². The van der Waals surface area contributed by atoms with E-state index in [1.54, 1.807) is 36.3 Å². The number of hydrogen-bond acceptors (Lipinski definition) is 6. The lowest BCUT2D eigenvalue weighted by atomic mass is 10.1. The fraction of sp³-hybridized carbons (Fsp3) is 0.545. The Bertz CT molecular complexity index is 753. The first-order chi connectivity index (χ1) is 14.2. The fourth-order valence-electron chi connectivity index (χ4n) is 3.84. The number of benzene rings is 1. The fourth-order valence-corrected chi connectivity index (χ4v) is 4.09. The van der Waals surface area contributed by atoms with Crippen molar-refractivity contribution in [2.45, 2.75) is 39.2 Å². The molecule has 1 N–H and O–H groups in total. The van der Waals surface area contributed by atoms with E-state index < -0.39 is 0 Å². The second-order valence-corrected chi connectivity index (χ2v) is 8.36. The Morgan fingerprint density at radius 3 is 2.69 bits per heavy atom. The molecular formula is C22H31FN4OS. The minimum atomic E-state index is -0.164. The maximum Gasteiger partial charge on any atom is 0.223 e. The monoisotopic (exact) mass is 418 g/mol. The van der Waals surface area contributed by atoms with E-state index in [1.165, 1.54) is 25.7 Å². The van der Waals surface area contributed by atoms with Gasteiger partial charge in [-0.25, -0.2) is 14.4 Å². The molecule has 5 nitrogen and oxygen atoms in total. The number of thioether (sulfide) groups is 1. The molecule has 1 aliphatic rings. The number of para-hydroxylation sites is 1. The Morgan fingerprint density at radius 2 is 2.00 bits per heavy atom. The topological polar surface area (TPSA) is 50.3 Å². The summed E-state index contributed by atoms with van der Waals surface area (Å²) >= 11 is 1.73. The van der Waals surface area contributed by atoms with Crippen LogP contribution in [0.4, 0.5) is 16.0 Å². The van der Waals surface area contributed by atoms with Crippen LogP contribution >= 0.6 is 11.8 Å². The number of nitrogens with zero attached hydrogens (tertiary/aromatic N) is 3. The van der Waals surface area contributed by atoms with Gasteiger partial charge in [0.25, 0.3) is 0 Å². The summed E-state index contributed by atoms with van der Waals surface area (Å²) in [5.41, 5.74) is 1.63. The molecule has 0 amide bonds. The zero-order valence-electron chi connectivity index (χ0n) is 17.4. The average Bonchev–Trinajstić information content (AvgIpc) is 3.25. The van der Waals surface area contributed by atoms with Crippen molar-refractivity contribution in [1.82, 2.24) is 9.97 Å². The highest BCUT2D eigenvalue weighted by Gasteiger charge is 2.21. The zero-order chi connectivity index (χ0) is 20.5. The molecule has 1 aliphatic carbocycles. The van der Waals surface area contributed by atoms with Gasteiger partial charge in [0.15, 0.2) is 5.75 Å². The second-order valence-electron chi connectivity index (χ2n) is 7.37. The third kappa shape index (κ3) is 6.23. The molecule has 7 heteroatoms. The number of nitrogens with one attached hydrogen (secondary N) is 1. The maximum absolute atomic E-state index is 14.8. The summed E-state index contributed by atoms with van der Waals surface area (Å²) in [7, 11) is 0. The summed E-state index contributed by atoms with van der Waals surface area (Å²) in [5, 5.41) is 3.22. The van der Waals surface area contributed by atoms with E-state index in [1.807, 2.05) is 12.3 Å². The molecule has 29 heavy (non-hydrogen) atoms. The summed E-state index contributed by atoms with van der Waals surface area (Å²) in [4.78, 5) is 10.8. The Hall–Kier alpha value is -2.02. The van der Waals surface area contributed by atoms with E-state index in [9.17, 15) is 4.39 Å². The van der Waals surface area contributed by atoms with Crippen LogP contribution in [0.2, 0.25) is 0 Å². The first-order valence-electron chi connectivity index (χ1n) is 10.4. The van der Waals surface area contributed by atoms with Crippen molar-refractivity contribution >= 4 is 23.4 Å². The molecule has 0 unspecified atom stereocenters. The van der Waals surface area contributed by atoms with Crippen LogP contribution in [0, 0.1) is 11.7 Å². The Kier molecular flexibility index (Phi) is 8.40. The van der Waals surface area contributed by atoms with Gasteiger partial charge in [-0.2, -0.15) is 11.8 Å².